The highest BCUT2D eigenvalue weighted by molar-refractivity contribution is 4.80. The van der Waals surface area contributed by atoms with Gasteiger partial charge < -0.3 is 15.0 Å². The molecular formula is C13H26N2O. The maximum absolute atomic E-state index is 5.43. The van der Waals surface area contributed by atoms with Gasteiger partial charge in [-0.3, -0.25) is 0 Å². The molecule has 0 radical (unpaired) electrons. The van der Waals surface area contributed by atoms with E-state index in [0.717, 1.165) is 25.2 Å². The molecule has 0 aromatic rings. The molecule has 2 aliphatic heterocycles. The second-order valence-electron chi connectivity index (χ2n) is 5.63. The Morgan fingerprint density at radius 2 is 2.00 bits per heavy atom. The minimum Gasteiger partial charge on any atom is -0.381 e. The zero-order valence-electron chi connectivity index (χ0n) is 10.7. The molecule has 2 saturated heterocycles. The lowest BCUT2D eigenvalue weighted by Crippen LogP contribution is -2.45. The molecule has 2 heterocycles. The normalized spacial score (nSPS) is 29.1. The van der Waals surface area contributed by atoms with Crippen LogP contribution in [0.3, 0.4) is 0 Å². The van der Waals surface area contributed by atoms with Gasteiger partial charge in [0.25, 0.3) is 0 Å². The van der Waals surface area contributed by atoms with Crippen LogP contribution in [0.2, 0.25) is 0 Å². The molecule has 94 valence electrons. The van der Waals surface area contributed by atoms with Gasteiger partial charge in [-0.2, -0.15) is 0 Å². The van der Waals surface area contributed by atoms with E-state index in [9.17, 15) is 0 Å². The highest BCUT2D eigenvalue weighted by atomic mass is 16.5. The Bertz CT molecular complexity index is 194. The molecule has 0 saturated carbocycles. The average Bonchev–Trinajstić information content (AvgIpc) is 2.73. The second kappa shape index (κ2) is 5.99. The molecule has 0 spiro atoms. The predicted molar refractivity (Wildman–Crippen MR) is 66.7 cm³/mol. The van der Waals surface area contributed by atoms with E-state index in [0.29, 0.717) is 6.04 Å². The number of rotatable bonds is 4. The first-order valence-corrected chi connectivity index (χ1v) is 6.80. The lowest BCUT2D eigenvalue weighted by Gasteiger charge is -2.34. The molecule has 0 aromatic carbocycles. The van der Waals surface area contributed by atoms with E-state index >= 15 is 0 Å². The van der Waals surface area contributed by atoms with E-state index in [1.807, 2.05) is 0 Å². The van der Waals surface area contributed by atoms with Gasteiger partial charge in [-0.25, -0.2) is 0 Å². The molecule has 2 aliphatic rings. The third kappa shape index (κ3) is 3.72. The standard InChI is InChI=1S/C13H26N2O/c1-11(2)14-13-3-6-15(7-4-13)9-12-5-8-16-10-12/h11-14H,3-10H2,1-2H3. The van der Waals surface area contributed by atoms with Crippen LogP contribution in [-0.2, 0) is 4.74 Å². The molecule has 0 bridgehead atoms. The van der Waals surface area contributed by atoms with Crippen molar-refractivity contribution in [3.8, 4) is 0 Å². The topological polar surface area (TPSA) is 24.5 Å². The molecule has 2 fully saturated rings. The fourth-order valence-corrected chi connectivity index (χ4v) is 2.85. The molecule has 1 unspecified atom stereocenters. The summed E-state index contributed by atoms with van der Waals surface area (Å²) >= 11 is 0. The fraction of sp³-hybridized carbons (Fsp3) is 1.00. The van der Waals surface area contributed by atoms with Crippen molar-refractivity contribution in [2.45, 2.75) is 45.2 Å². The summed E-state index contributed by atoms with van der Waals surface area (Å²) in [5.74, 6) is 0.801. The summed E-state index contributed by atoms with van der Waals surface area (Å²) in [5, 5.41) is 3.64. The predicted octanol–water partition coefficient (Wildman–Crippen LogP) is 1.49. The summed E-state index contributed by atoms with van der Waals surface area (Å²) in [4.78, 5) is 2.62. The van der Waals surface area contributed by atoms with Crippen molar-refractivity contribution in [1.29, 1.82) is 0 Å². The van der Waals surface area contributed by atoms with E-state index in [-0.39, 0.29) is 0 Å². The van der Waals surface area contributed by atoms with Gasteiger partial charge in [-0.15, -0.1) is 0 Å². The quantitative estimate of drug-likeness (QED) is 0.786. The summed E-state index contributed by atoms with van der Waals surface area (Å²) in [5.41, 5.74) is 0. The van der Waals surface area contributed by atoms with Crippen LogP contribution in [-0.4, -0.2) is 49.8 Å². The summed E-state index contributed by atoms with van der Waals surface area (Å²) in [6.07, 6.45) is 3.89. The van der Waals surface area contributed by atoms with Gasteiger partial charge in [0.2, 0.25) is 0 Å². The van der Waals surface area contributed by atoms with Crippen LogP contribution in [0.25, 0.3) is 0 Å². The van der Waals surface area contributed by atoms with Gasteiger partial charge in [0.15, 0.2) is 0 Å². The first-order valence-electron chi connectivity index (χ1n) is 6.80. The van der Waals surface area contributed by atoms with E-state index in [4.69, 9.17) is 4.74 Å². The maximum atomic E-state index is 5.43. The number of hydrogen-bond donors (Lipinski definition) is 1. The van der Waals surface area contributed by atoms with Crippen molar-refractivity contribution >= 4 is 0 Å². The van der Waals surface area contributed by atoms with Gasteiger partial charge >= 0.3 is 0 Å². The van der Waals surface area contributed by atoms with E-state index < -0.39 is 0 Å². The number of piperidine rings is 1. The van der Waals surface area contributed by atoms with Crippen molar-refractivity contribution < 1.29 is 4.74 Å². The molecule has 3 nitrogen and oxygen atoms in total. The summed E-state index contributed by atoms with van der Waals surface area (Å²) in [6, 6.07) is 1.37. The van der Waals surface area contributed by atoms with Gasteiger partial charge in [0.05, 0.1) is 6.61 Å². The largest absolute Gasteiger partial charge is 0.381 e. The zero-order valence-corrected chi connectivity index (χ0v) is 10.7. The van der Waals surface area contributed by atoms with Crippen molar-refractivity contribution in [3.63, 3.8) is 0 Å². The van der Waals surface area contributed by atoms with Crippen molar-refractivity contribution in [2.24, 2.45) is 5.92 Å². The molecule has 1 atom stereocenters. The Morgan fingerprint density at radius 1 is 1.25 bits per heavy atom. The smallest absolute Gasteiger partial charge is 0.0507 e. The monoisotopic (exact) mass is 226 g/mol. The van der Waals surface area contributed by atoms with Gasteiger partial charge in [-0.1, -0.05) is 13.8 Å². The van der Waals surface area contributed by atoms with Gasteiger partial charge in [0.1, 0.15) is 0 Å². The Kier molecular flexibility index (Phi) is 4.62. The first-order chi connectivity index (χ1) is 7.74. The van der Waals surface area contributed by atoms with Crippen molar-refractivity contribution in [2.75, 3.05) is 32.8 Å². The summed E-state index contributed by atoms with van der Waals surface area (Å²) < 4.78 is 5.43. The molecular weight excluding hydrogens is 200 g/mol. The van der Waals surface area contributed by atoms with Crippen LogP contribution >= 0.6 is 0 Å². The Labute approximate surface area is 99.5 Å². The van der Waals surface area contributed by atoms with Crippen LogP contribution in [0.1, 0.15) is 33.1 Å². The zero-order chi connectivity index (χ0) is 11.4. The lowest BCUT2D eigenvalue weighted by molar-refractivity contribution is 0.146. The van der Waals surface area contributed by atoms with Gasteiger partial charge in [0, 0.05) is 25.2 Å². The number of likely N-dealkylation sites (tertiary alicyclic amines) is 1. The van der Waals surface area contributed by atoms with Crippen LogP contribution < -0.4 is 5.32 Å². The highest BCUT2D eigenvalue weighted by Crippen LogP contribution is 2.17. The number of hydrogen-bond acceptors (Lipinski definition) is 3. The number of ether oxygens (including phenoxy) is 1. The maximum Gasteiger partial charge on any atom is 0.0507 e. The van der Waals surface area contributed by atoms with Crippen LogP contribution in [0.15, 0.2) is 0 Å². The minimum absolute atomic E-state index is 0.625. The second-order valence-corrected chi connectivity index (χ2v) is 5.63. The molecule has 1 N–H and O–H groups in total. The molecule has 16 heavy (non-hydrogen) atoms. The third-order valence-electron chi connectivity index (χ3n) is 3.70. The minimum atomic E-state index is 0.625. The van der Waals surface area contributed by atoms with E-state index in [2.05, 4.69) is 24.1 Å². The fourth-order valence-electron chi connectivity index (χ4n) is 2.85. The molecule has 0 aromatic heterocycles. The number of nitrogens with zero attached hydrogens (tertiary/aromatic N) is 1. The summed E-state index contributed by atoms with van der Waals surface area (Å²) in [7, 11) is 0. The third-order valence-corrected chi connectivity index (χ3v) is 3.70. The molecule has 2 rings (SSSR count). The SMILES string of the molecule is CC(C)NC1CCN(CC2CCOC2)CC1. The van der Waals surface area contributed by atoms with E-state index in [1.165, 1.54) is 38.9 Å². The summed E-state index contributed by atoms with van der Waals surface area (Å²) in [6.45, 7) is 10.2. The Hall–Kier alpha value is -0.120. The van der Waals surface area contributed by atoms with E-state index in [1.54, 1.807) is 0 Å². The van der Waals surface area contributed by atoms with Crippen molar-refractivity contribution in [1.82, 2.24) is 10.2 Å². The van der Waals surface area contributed by atoms with Crippen molar-refractivity contribution in [3.05, 3.63) is 0 Å². The van der Waals surface area contributed by atoms with Crippen LogP contribution in [0.4, 0.5) is 0 Å². The molecule has 3 heteroatoms. The van der Waals surface area contributed by atoms with Gasteiger partial charge in [-0.05, 0) is 38.3 Å². The Balaban J connectivity index is 1.64. The van der Waals surface area contributed by atoms with Crippen LogP contribution in [0.5, 0.6) is 0 Å². The number of nitrogens with one attached hydrogen (secondary N) is 1. The Morgan fingerprint density at radius 3 is 2.56 bits per heavy atom. The average molecular weight is 226 g/mol. The first kappa shape index (κ1) is 12.3. The lowest BCUT2D eigenvalue weighted by atomic mass is 10.0. The molecule has 0 aliphatic carbocycles. The van der Waals surface area contributed by atoms with Crippen LogP contribution in [0, 0.1) is 5.92 Å². The molecule has 0 amide bonds. The highest BCUT2D eigenvalue weighted by Gasteiger charge is 2.23.